The van der Waals surface area contributed by atoms with Crippen molar-refractivity contribution in [3.63, 3.8) is 0 Å². The third kappa shape index (κ3) is 6.64. The monoisotopic (exact) mass is 255 g/mol. The molecule has 1 aromatic heterocycles. The van der Waals surface area contributed by atoms with Gasteiger partial charge in [-0.1, -0.05) is 50.3 Å². The van der Waals surface area contributed by atoms with Crippen molar-refractivity contribution in [3.05, 3.63) is 29.0 Å². The van der Waals surface area contributed by atoms with Crippen molar-refractivity contribution in [1.82, 2.24) is 4.98 Å². The summed E-state index contributed by atoms with van der Waals surface area (Å²) in [5.41, 5.74) is 0.901. The number of pyridine rings is 1. The summed E-state index contributed by atoms with van der Waals surface area (Å²) in [4.78, 5) is 4.20. The maximum Gasteiger partial charge on any atom is 0.129 e. The van der Waals surface area contributed by atoms with E-state index in [4.69, 9.17) is 16.3 Å². The highest BCUT2D eigenvalue weighted by Crippen LogP contribution is 2.11. The van der Waals surface area contributed by atoms with Gasteiger partial charge in [0, 0.05) is 0 Å². The van der Waals surface area contributed by atoms with Gasteiger partial charge in [0.25, 0.3) is 0 Å². The molecule has 1 atom stereocenters. The predicted molar refractivity (Wildman–Crippen MR) is 72.3 cm³/mol. The summed E-state index contributed by atoms with van der Waals surface area (Å²) < 4.78 is 5.74. The Balaban J connectivity index is 2.17. The van der Waals surface area contributed by atoms with Gasteiger partial charge in [0.05, 0.1) is 18.4 Å². The molecule has 0 spiro atoms. The van der Waals surface area contributed by atoms with Crippen LogP contribution in [0.15, 0.2) is 18.2 Å². The van der Waals surface area contributed by atoms with Gasteiger partial charge < -0.3 is 4.74 Å². The summed E-state index contributed by atoms with van der Waals surface area (Å²) in [6.07, 6.45) is 6.58. The molecule has 2 nitrogen and oxygen atoms in total. The van der Waals surface area contributed by atoms with Crippen LogP contribution < -0.4 is 0 Å². The summed E-state index contributed by atoms with van der Waals surface area (Å²) in [6, 6.07) is 5.62. The number of unbranched alkanes of at least 4 members (excludes halogenated alkanes) is 3. The second-order valence-corrected chi connectivity index (χ2v) is 4.81. The topological polar surface area (TPSA) is 22.1 Å². The lowest BCUT2D eigenvalue weighted by atomic mass is 10.1. The van der Waals surface area contributed by atoms with E-state index in [-0.39, 0.29) is 0 Å². The van der Waals surface area contributed by atoms with E-state index in [1.165, 1.54) is 25.7 Å². The van der Waals surface area contributed by atoms with Gasteiger partial charge in [0.2, 0.25) is 0 Å². The molecule has 0 radical (unpaired) electrons. The van der Waals surface area contributed by atoms with Crippen LogP contribution in [0.2, 0.25) is 5.15 Å². The molecule has 0 saturated carbocycles. The van der Waals surface area contributed by atoms with Gasteiger partial charge in [-0.3, -0.25) is 0 Å². The van der Waals surface area contributed by atoms with Crippen molar-refractivity contribution in [2.24, 2.45) is 0 Å². The summed E-state index contributed by atoms with van der Waals surface area (Å²) in [6.45, 7) is 4.90. The number of halogens is 1. The molecule has 0 N–H and O–H groups in total. The minimum Gasteiger partial charge on any atom is -0.372 e. The van der Waals surface area contributed by atoms with Gasteiger partial charge in [-0.25, -0.2) is 4.98 Å². The molecule has 1 unspecified atom stereocenters. The number of hydrogen-bond acceptors (Lipinski definition) is 2. The first kappa shape index (κ1) is 14.5. The Morgan fingerprint density at radius 3 is 2.82 bits per heavy atom. The molecule has 1 aromatic rings. The van der Waals surface area contributed by atoms with Crippen LogP contribution in [0.1, 0.15) is 51.6 Å². The number of aromatic nitrogens is 1. The van der Waals surface area contributed by atoms with E-state index in [2.05, 4.69) is 18.8 Å². The molecule has 0 amide bonds. The molecule has 0 aliphatic heterocycles. The van der Waals surface area contributed by atoms with E-state index in [1.807, 2.05) is 12.1 Å². The number of rotatable bonds is 8. The fourth-order valence-corrected chi connectivity index (χ4v) is 1.88. The molecule has 17 heavy (non-hydrogen) atoms. The third-order valence-electron chi connectivity index (χ3n) is 2.75. The number of nitrogens with zero attached hydrogens (tertiary/aromatic N) is 1. The molecule has 3 heteroatoms. The molecule has 0 saturated heterocycles. The zero-order valence-electron chi connectivity index (χ0n) is 10.8. The van der Waals surface area contributed by atoms with E-state index >= 15 is 0 Å². The Hall–Kier alpha value is -0.600. The fourth-order valence-electron chi connectivity index (χ4n) is 1.70. The van der Waals surface area contributed by atoms with Crippen LogP contribution in [0, 0.1) is 0 Å². The maximum absolute atomic E-state index is 5.81. The molecular formula is C14H22ClNO. The number of hydrogen-bond donors (Lipinski definition) is 0. The molecule has 1 heterocycles. The molecule has 1 rings (SSSR count). The Kier molecular flexibility index (Phi) is 7.22. The van der Waals surface area contributed by atoms with E-state index < -0.39 is 0 Å². The van der Waals surface area contributed by atoms with Crippen LogP contribution >= 0.6 is 11.6 Å². The van der Waals surface area contributed by atoms with Crippen molar-refractivity contribution < 1.29 is 4.74 Å². The van der Waals surface area contributed by atoms with Crippen molar-refractivity contribution >= 4 is 11.6 Å². The molecular weight excluding hydrogens is 234 g/mol. The molecule has 0 bridgehead atoms. The lowest BCUT2D eigenvalue weighted by Crippen LogP contribution is -2.08. The molecule has 0 fully saturated rings. The van der Waals surface area contributed by atoms with Gasteiger partial charge in [0.1, 0.15) is 5.15 Å². The van der Waals surface area contributed by atoms with E-state index in [9.17, 15) is 0 Å². The highest BCUT2D eigenvalue weighted by molar-refractivity contribution is 6.29. The maximum atomic E-state index is 5.81. The van der Waals surface area contributed by atoms with E-state index in [0.29, 0.717) is 17.9 Å². The van der Waals surface area contributed by atoms with Gasteiger partial charge in [-0.05, 0) is 25.5 Å². The standard InChI is InChI=1S/C14H22ClNO/c1-3-4-5-6-8-12(2)17-11-13-9-7-10-14(15)16-13/h7,9-10,12H,3-6,8,11H2,1-2H3. The summed E-state index contributed by atoms with van der Waals surface area (Å²) in [5, 5.41) is 0.529. The van der Waals surface area contributed by atoms with E-state index in [0.717, 1.165) is 12.1 Å². The number of ether oxygens (including phenoxy) is 1. The average molecular weight is 256 g/mol. The van der Waals surface area contributed by atoms with E-state index in [1.54, 1.807) is 6.07 Å². The lowest BCUT2D eigenvalue weighted by molar-refractivity contribution is 0.0440. The zero-order valence-corrected chi connectivity index (χ0v) is 11.5. The van der Waals surface area contributed by atoms with Gasteiger partial charge in [-0.2, -0.15) is 0 Å². The quantitative estimate of drug-likeness (QED) is 0.500. The summed E-state index contributed by atoms with van der Waals surface area (Å²) >= 11 is 5.81. The van der Waals surface area contributed by atoms with Crippen LogP contribution in [-0.4, -0.2) is 11.1 Å². The average Bonchev–Trinajstić information content (AvgIpc) is 2.32. The van der Waals surface area contributed by atoms with Crippen LogP contribution in [0.3, 0.4) is 0 Å². The first-order valence-corrected chi connectivity index (χ1v) is 6.83. The summed E-state index contributed by atoms with van der Waals surface area (Å²) in [7, 11) is 0. The second kappa shape index (κ2) is 8.48. The summed E-state index contributed by atoms with van der Waals surface area (Å²) in [5.74, 6) is 0. The highest BCUT2D eigenvalue weighted by atomic mass is 35.5. The Morgan fingerprint density at radius 2 is 2.12 bits per heavy atom. The molecule has 0 aliphatic carbocycles. The van der Waals surface area contributed by atoms with Gasteiger partial charge in [0.15, 0.2) is 0 Å². The van der Waals surface area contributed by atoms with Crippen LogP contribution in [0.5, 0.6) is 0 Å². The van der Waals surface area contributed by atoms with Crippen molar-refractivity contribution in [2.75, 3.05) is 0 Å². The Labute approximate surface area is 109 Å². The molecule has 0 aliphatic rings. The highest BCUT2D eigenvalue weighted by Gasteiger charge is 2.03. The van der Waals surface area contributed by atoms with Crippen LogP contribution in [0.4, 0.5) is 0 Å². The predicted octanol–water partition coefficient (Wildman–Crippen LogP) is 4.61. The first-order valence-electron chi connectivity index (χ1n) is 6.45. The zero-order chi connectivity index (χ0) is 12.5. The lowest BCUT2D eigenvalue weighted by Gasteiger charge is -2.12. The van der Waals surface area contributed by atoms with Crippen LogP contribution in [-0.2, 0) is 11.3 Å². The SMILES string of the molecule is CCCCCCC(C)OCc1cccc(Cl)n1. The third-order valence-corrected chi connectivity index (χ3v) is 2.96. The molecule has 96 valence electrons. The van der Waals surface area contributed by atoms with Gasteiger partial charge >= 0.3 is 0 Å². The molecule has 0 aromatic carbocycles. The normalized spacial score (nSPS) is 12.6. The first-order chi connectivity index (χ1) is 8.22. The minimum absolute atomic E-state index is 0.299. The largest absolute Gasteiger partial charge is 0.372 e. The van der Waals surface area contributed by atoms with Crippen LogP contribution in [0.25, 0.3) is 0 Å². The smallest absolute Gasteiger partial charge is 0.129 e. The van der Waals surface area contributed by atoms with Gasteiger partial charge in [-0.15, -0.1) is 0 Å². The second-order valence-electron chi connectivity index (χ2n) is 4.42. The fraction of sp³-hybridized carbons (Fsp3) is 0.643. The minimum atomic E-state index is 0.299. The van der Waals surface area contributed by atoms with Crippen molar-refractivity contribution in [2.45, 2.75) is 58.7 Å². The Bertz CT molecular complexity index is 317. The van der Waals surface area contributed by atoms with Crippen molar-refractivity contribution in [3.8, 4) is 0 Å². The Morgan fingerprint density at radius 1 is 1.29 bits per heavy atom. The van der Waals surface area contributed by atoms with Crippen molar-refractivity contribution in [1.29, 1.82) is 0 Å².